The second-order valence-electron chi connectivity index (χ2n) is 14.0. The SMILES string of the molecule is CC(C)C(NC(=O)C(C(C)C)N(C)C)C(=O)N(C)C(C(=O)N1CCCC1C(=O)N1CCCC1C(=O)NCCCCC(=O)O)C(C)C. The van der Waals surface area contributed by atoms with E-state index in [0.29, 0.717) is 58.2 Å². The fraction of sp³-hybridized carbons (Fsp3) is 0.818. The van der Waals surface area contributed by atoms with Gasteiger partial charge in [-0.05, 0) is 70.4 Å². The number of carbonyl (C=O) groups excluding carboxylic acids is 5. The molecule has 262 valence electrons. The average Bonchev–Trinajstić information content (AvgIpc) is 3.64. The predicted octanol–water partition coefficient (Wildman–Crippen LogP) is 1.55. The number of nitrogens with one attached hydrogen (secondary N) is 2. The third-order valence-corrected chi connectivity index (χ3v) is 9.11. The van der Waals surface area contributed by atoms with Crippen molar-refractivity contribution in [2.45, 2.75) is 117 Å². The number of carboxylic acids is 1. The van der Waals surface area contributed by atoms with E-state index in [1.165, 1.54) is 4.90 Å². The summed E-state index contributed by atoms with van der Waals surface area (Å²) in [5.41, 5.74) is 0. The van der Waals surface area contributed by atoms with E-state index < -0.39 is 36.2 Å². The van der Waals surface area contributed by atoms with Gasteiger partial charge in [0.1, 0.15) is 24.2 Å². The van der Waals surface area contributed by atoms with Crippen LogP contribution in [0.4, 0.5) is 0 Å². The van der Waals surface area contributed by atoms with Crippen molar-refractivity contribution in [2.24, 2.45) is 17.8 Å². The molecule has 2 saturated heterocycles. The van der Waals surface area contributed by atoms with E-state index in [1.54, 1.807) is 16.8 Å². The van der Waals surface area contributed by atoms with Gasteiger partial charge in [0.05, 0.1) is 6.04 Å². The molecule has 2 fully saturated rings. The van der Waals surface area contributed by atoms with Crippen LogP contribution in [-0.4, -0.2) is 131 Å². The maximum atomic E-state index is 14.2. The summed E-state index contributed by atoms with van der Waals surface area (Å²) in [5.74, 6) is -2.80. The van der Waals surface area contributed by atoms with Crippen LogP contribution in [-0.2, 0) is 28.8 Å². The summed E-state index contributed by atoms with van der Waals surface area (Å²) in [5, 5.41) is 14.6. The van der Waals surface area contributed by atoms with Gasteiger partial charge in [0.25, 0.3) is 0 Å². The third-order valence-electron chi connectivity index (χ3n) is 9.11. The molecule has 3 N–H and O–H groups in total. The van der Waals surface area contributed by atoms with Gasteiger partial charge in [-0.3, -0.25) is 33.7 Å². The maximum Gasteiger partial charge on any atom is 0.303 e. The number of carboxylic acid groups (broad SMARTS) is 1. The minimum Gasteiger partial charge on any atom is -0.481 e. The van der Waals surface area contributed by atoms with Crippen LogP contribution in [0.5, 0.6) is 0 Å². The number of aliphatic carboxylic acids is 1. The molecule has 0 aromatic heterocycles. The smallest absolute Gasteiger partial charge is 0.303 e. The van der Waals surface area contributed by atoms with E-state index in [-0.39, 0.29) is 53.7 Å². The van der Waals surface area contributed by atoms with Crippen LogP contribution in [0.25, 0.3) is 0 Å². The van der Waals surface area contributed by atoms with E-state index in [9.17, 15) is 28.8 Å². The Bertz CT molecular complexity index is 1090. The molecule has 0 bridgehead atoms. The van der Waals surface area contributed by atoms with E-state index in [0.717, 1.165) is 0 Å². The zero-order chi connectivity index (χ0) is 34.9. The Morgan fingerprint density at radius 1 is 0.783 bits per heavy atom. The Hall–Kier alpha value is -3.22. The Balaban J connectivity index is 2.18. The first-order valence-corrected chi connectivity index (χ1v) is 16.8. The van der Waals surface area contributed by atoms with Crippen molar-refractivity contribution in [3.63, 3.8) is 0 Å². The lowest BCUT2D eigenvalue weighted by Gasteiger charge is -2.38. The molecule has 0 aromatic carbocycles. The van der Waals surface area contributed by atoms with Crippen LogP contribution in [0, 0.1) is 17.8 Å². The molecule has 13 nitrogen and oxygen atoms in total. The van der Waals surface area contributed by atoms with E-state index in [1.807, 2.05) is 60.5 Å². The molecule has 5 atom stereocenters. The minimum atomic E-state index is -0.879. The largest absolute Gasteiger partial charge is 0.481 e. The van der Waals surface area contributed by atoms with Gasteiger partial charge < -0.3 is 30.4 Å². The summed E-state index contributed by atoms with van der Waals surface area (Å²) in [7, 11) is 5.24. The molecule has 2 heterocycles. The van der Waals surface area contributed by atoms with Crippen molar-refractivity contribution < 1.29 is 33.9 Å². The van der Waals surface area contributed by atoms with E-state index in [4.69, 9.17) is 5.11 Å². The molecule has 0 radical (unpaired) electrons. The topological polar surface area (TPSA) is 160 Å². The number of carbonyl (C=O) groups is 6. The summed E-state index contributed by atoms with van der Waals surface area (Å²) in [6.07, 6.45) is 3.31. The van der Waals surface area contributed by atoms with Crippen molar-refractivity contribution >= 4 is 35.5 Å². The van der Waals surface area contributed by atoms with Gasteiger partial charge >= 0.3 is 5.97 Å². The van der Waals surface area contributed by atoms with Crippen LogP contribution in [0.1, 0.15) is 86.5 Å². The zero-order valence-corrected chi connectivity index (χ0v) is 29.4. The molecule has 0 aliphatic carbocycles. The molecule has 2 aliphatic heterocycles. The normalized spacial score (nSPS) is 20.3. The maximum absolute atomic E-state index is 14.2. The quantitative estimate of drug-likeness (QED) is 0.212. The minimum absolute atomic E-state index is 0.0235. The zero-order valence-electron chi connectivity index (χ0n) is 29.4. The highest BCUT2D eigenvalue weighted by molar-refractivity contribution is 5.96. The second-order valence-corrected chi connectivity index (χ2v) is 14.0. The number of likely N-dealkylation sites (tertiary alicyclic amines) is 2. The van der Waals surface area contributed by atoms with Crippen molar-refractivity contribution in [3.05, 3.63) is 0 Å². The van der Waals surface area contributed by atoms with Gasteiger partial charge in [-0.2, -0.15) is 0 Å². The first-order chi connectivity index (χ1) is 21.5. The van der Waals surface area contributed by atoms with Crippen molar-refractivity contribution in [3.8, 4) is 0 Å². The molecule has 5 unspecified atom stereocenters. The summed E-state index contributed by atoms with van der Waals surface area (Å²) in [6.45, 7) is 12.5. The Labute approximate surface area is 274 Å². The molecule has 5 amide bonds. The molecule has 46 heavy (non-hydrogen) atoms. The molecule has 2 aliphatic rings. The standard InChI is InChI=1S/C33H58N6O7/c1-20(2)26(35-30(43)27(21(3)4)36(7)8)32(45)37(9)28(22(5)6)33(46)39-19-13-15-24(39)31(44)38-18-12-14-23(38)29(42)34-17-11-10-16-25(40)41/h20-24,26-28H,10-19H2,1-9H3,(H,34,42)(H,35,43)(H,40,41). The van der Waals surface area contributed by atoms with Crippen LogP contribution in [0.2, 0.25) is 0 Å². The van der Waals surface area contributed by atoms with Crippen molar-refractivity contribution in [2.75, 3.05) is 40.8 Å². The highest BCUT2D eigenvalue weighted by Gasteiger charge is 2.45. The van der Waals surface area contributed by atoms with E-state index in [2.05, 4.69) is 10.6 Å². The highest BCUT2D eigenvalue weighted by atomic mass is 16.4. The fourth-order valence-electron chi connectivity index (χ4n) is 6.82. The summed E-state index contributed by atoms with van der Waals surface area (Å²) < 4.78 is 0. The summed E-state index contributed by atoms with van der Waals surface area (Å²) >= 11 is 0. The van der Waals surface area contributed by atoms with Crippen LogP contribution < -0.4 is 10.6 Å². The van der Waals surface area contributed by atoms with Gasteiger partial charge in [0, 0.05) is 33.1 Å². The van der Waals surface area contributed by atoms with Gasteiger partial charge in [0.2, 0.25) is 29.5 Å². The first kappa shape index (κ1) is 39.0. The number of hydrogen-bond donors (Lipinski definition) is 3. The van der Waals surface area contributed by atoms with Crippen LogP contribution in [0.15, 0.2) is 0 Å². The van der Waals surface area contributed by atoms with E-state index >= 15 is 0 Å². The number of hydrogen-bond acceptors (Lipinski definition) is 7. The van der Waals surface area contributed by atoms with Crippen LogP contribution in [0.3, 0.4) is 0 Å². The Morgan fingerprint density at radius 2 is 1.35 bits per heavy atom. The molecule has 2 rings (SSSR count). The van der Waals surface area contributed by atoms with Gasteiger partial charge in [-0.25, -0.2) is 0 Å². The van der Waals surface area contributed by atoms with Gasteiger partial charge in [-0.15, -0.1) is 0 Å². The van der Waals surface area contributed by atoms with Gasteiger partial charge in [0.15, 0.2) is 0 Å². The lowest BCUT2D eigenvalue weighted by Crippen LogP contribution is -2.61. The molecular weight excluding hydrogens is 592 g/mol. The number of rotatable bonds is 16. The average molecular weight is 651 g/mol. The van der Waals surface area contributed by atoms with Crippen LogP contribution >= 0.6 is 0 Å². The fourth-order valence-corrected chi connectivity index (χ4v) is 6.82. The van der Waals surface area contributed by atoms with Crippen molar-refractivity contribution in [1.82, 2.24) is 30.2 Å². The predicted molar refractivity (Wildman–Crippen MR) is 174 cm³/mol. The molecule has 13 heteroatoms. The monoisotopic (exact) mass is 650 g/mol. The first-order valence-electron chi connectivity index (χ1n) is 16.8. The number of unbranched alkanes of at least 4 members (excludes halogenated alkanes) is 1. The number of amides is 5. The summed E-state index contributed by atoms with van der Waals surface area (Å²) in [4.78, 5) is 85.3. The van der Waals surface area contributed by atoms with Gasteiger partial charge in [-0.1, -0.05) is 41.5 Å². The number of nitrogens with zero attached hydrogens (tertiary/aromatic N) is 4. The van der Waals surface area contributed by atoms with Crippen molar-refractivity contribution in [1.29, 1.82) is 0 Å². The lowest BCUT2D eigenvalue weighted by atomic mass is 9.96. The Morgan fingerprint density at radius 3 is 1.87 bits per heavy atom. The molecule has 0 aromatic rings. The Kier molecular flexibility index (Phi) is 14.9. The highest BCUT2D eigenvalue weighted by Crippen LogP contribution is 2.28. The molecular formula is C33H58N6O7. The molecule has 0 spiro atoms. The molecule has 0 saturated carbocycles. The number of likely N-dealkylation sites (N-methyl/N-ethyl adjacent to an activating group) is 2. The third kappa shape index (κ3) is 9.89. The lowest BCUT2D eigenvalue weighted by molar-refractivity contribution is -0.153. The second kappa shape index (κ2) is 17.6. The summed E-state index contributed by atoms with van der Waals surface area (Å²) in [6, 6.07) is -3.48.